The van der Waals surface area contributed by atoms with E-state index in [9.17, 15) is 4.79 Å². The molecule has 3 rings (SSSR count). The Hall–Kier alpha value is -2.04. The minimum absolute atomic E-state index is 0.321. The number of aromatic amines is 1. The fourth-order valence-electron chi connectivity index (χ4n) is 2.28. The van der Waals surface area contributed by atoms with E-state index in [0.29, 0.717) is 16.1 Å². The Kier molecular flexibility index (Phi) is 3.12. The zero-order chi connectivity index (χ0) is 14.3. The number of halogens is 1. The maximum atomic E-state index is 11.2. The van der Waals surface area contributed by atoms with Gasteiger partial charge >= 0.3 is 5.76 Å². The number of aryl methyl sites for hydroxylation is 1. The summed E-state index contributed by atoms with van der Waals surface area (Å²) >= 11 is 6.03. The Bertz CT molecular complexity index is 835. The molecule has 0 amide bonds. The predicted molar refractivity (Wildman–Crippen MR) is 79.1 cm³/mol. The first-order chi connectivity index (χ1) is 9.54. The summed E-state index contributed by atoms with van der Waals surface area (Å²) < 4.78 is 5.06. The first-order valence-electron chi connectivity index (χ1n) is 6.19. The highest BCUT2D eigenvalue weighted by Gasteiger charge is 2.13. The molecule has 20 heavy (non-hydrogen) atoms. The largest absolute Gasteiger partial charge is 0.417 e. The number of benzene rings is 2. The summed E-state index contributed by atoms with van der Waals surface area (Å²) in [5.74, 6) is -0.468. The standard InChI is InChI=1S/C15H13ClN2O2/c1-8-2-4-10(16)7-11(8)14(17)9-3-5-12-13(6-9)20-15(19)18-12/h2-7,14H,17H2,1H3,(H,18,19). The van der Waals surface area contributed by atoms with Gasteiger partial charge in [0.05, 0.1) is 11.6 Å². The van der Waals surface area contributed by atoms with Crippen molar-refractivity contribution in [1.82, 2.24) is 4.98 Å². The van der Waals surface area contributed by atoms with Gasteiger partial charge in [-0.2, -0.15) is 0 Å². The van der Waals surface area contributed by atoms with Gasteiger partial charge in [0, 0.05) is 5.02 Å². The van der Waals surface area contributed by atoms with Crippen LogP contribution < -0.4 is 11.5 Å². The highest BCUT2D eigenvalue weighted by Crippen LogP contribution is 2.27. The number of rotatable bonds is 2. The van der Waals surface area contributed by atoms with Crippen molar-refractivity contribution in [2.75, 3.05) is 0 Å². The predicted octanol–water partition coefficient (Wildman–Crippen LogP) is 3.13. The Morgan fingerprint density at radius 3 is 2.85 bits per heavy atom. The molecule has 0 aliphatic rings. The van der Waals surface area contributed by atoms with E-state index in [2.05, 4.69) is 4.98 Å². The third-order valence-corrected chi connectivity index (χ3v) is 3.62. The molecule has 3 N–H and O–H groups in total. The van der Waals surface area contributed by atoms with Crippen LogP contribution in [0.2, 0.25) is 5.02 Å². The molecule has 0 saturated heterocycles. The molecule has 0 aliphatic heterocycles. The lowest BCUT2D eigenvalue weighted by Gasteiger charge is -2.15. The highest BCUT2D eigenvalue weighted by atomic mass is 35.5. The first-order valence-corrected chi connectivity index (χ1v) is 6.57. The van der Waals surface area contributed by atoms with Crippen LogP contribution >= 0.6 is 11.6 Å². The molecule has 0 bridgehead atoms. The molecule has 0 saturated carbocycles. The molecule has 5 heteroatoms. The van der Waals surface area contributed by atoms with E-state index in [4.69, 9.17) is 21.8 Å². The van der Waals surface area contributed by atoms with Gasteiger partial charge in [0.2, 0.25) is 0 Å². The Morgan fingerprint density at radius 2 is 2.05 bits per heavy atom. The fourth-order valence-corrected chi connectivity index (χ4v) is 2.46. The lowest BCUT2D eigenvalue weighted by atomic mass is 9.96. The SMILES string of the molecule is Cc1ccc(Cl)cc1C(N)c1ccc2[nH]c(=O)oc2c1. The number of hydrogen-bond donors (Lipinski definition) is 2. The Balaban J connectivity index is 2.09. The average molecular weight is 289 g/mol. The quantitative estimate of drug-likeness (QED) is 0.761. The van der Waals surface area contributed by atoms with Crippen LogP contribution in [-0.4, -0.2) is 4.98 Å². The van der Waals surface area contributed by atoms with Gasteiger partial charge in [-0.15, -0.1) is 0 Å². The average Bonchev–Trinajstić information content (AvgIpc) is 2.79. The molecule has 0 radical (unpaired) electrons. The van der Waals surface area contributed by atoms with E-state index in [-0.39, 0.29) is 6.04 Å². The molecule has 1 aromatic heterocycles. The Labute approximate surface area is 120 Å². The number of aromatic nitrogens is 1. The summed E-state index contributed by atoms with van der Waals surface area (Å²) in [6.45, 7) is 1.99. The van der Waals surface area contributed by atoms with Crippen LogP contribution in [0.3, 0.4) is 0 Å². The van der Waals surface area contributed by atoms with Gasteiger partial charge in [-0.1, -0.05) is 23.7 Å². The van der Waals surface area contributed by atoms with Crippen LogP contribution in [-0.2, 0) is 0 Å². The number of oxazole rings is 1. The summed E-state index contributed by atoms with van der Waals surface area (Å²) in [7, 11) is 0. The van der Waals surface area contributed by atoms with E-state index in [1.54, 1.807) is 12.1 Å². The third-order valence-electron chi connectivity index (χ3n) is 3.38. The lowest BCUT2D eigenvalue weighted by molar-refractivity contribution is 0.555. The van der Waals surface area contributed by atoms with Crippen LogP contribution in [0.15, 0.2) is 45.6 Å². The molecule has 0 fully saturated rings. The highest BCUT2D eigenvalue weighted by molar-refractivity contribution is 6.30. The number of nitrogens with one attached hydrogen (secondary N) is 1. The summed E-state index contributed by atoms with van der Waals surface area (Å²) in [6.07, 6.45) is 0. The van der Waals surface area contributed by atoms with Crippen LogP contribution in [0.5, 0.6) is 0 Å². The topological polar surface area (TPSA) is 72.0 Å². The van der Waals surface area contributed by atoms with Crippen molar-refractivity contribution in [2.24, 2.45) is 5.73 Å². The van der Waals surface area contributed by atoms with Gasteiger partial charge in [0.25, 0.3) is 0 Å². The number of H-pyrrole nitrogens is 1. The van der Waals surface area contributed by atoms with Crippen molar-refractivity contribution in [3.8, 4) is 0 Å². The van der Waals surface area contributed by atoms with Gasteiger partial charge in [-0.3, -0.25) is 4.98 Å². The number of nitrogens with two attached hydrogens (primary N) is 1. The van der Waals surface area contributed by atoms with Gasteiger partial charge in [0.15, 0.2) is 5.58 Å². The van der Waals surface area contributed by atoms with E-state index >= 15 is 0 Å². The van der Waals surface area contributed by atoms with Crippen molar-refractivity contribution in [2.45, 2.75) is 13.0 Å². The van der Waals surface area contributed by atoms with Crippen LogP contribution in [0, 0.1) is 6.92 Å². The summed E-state index contributed by atoms with van der Waals surface area (Å²) in [5.41, 5.74) is 10.3. The minimum Gasteiger partial charge on any atom is -0.408 e. The molecule has 2 aromatic carbocycles. The van der Waals surface area contributed by atoms with E-state index in [1.807, 2.05) is 31.2 Å². The minimum atomic E-state index is -0.468. The summed E-state index contributed by atoms with van der Waals surface area (Å²) in [6, 6.07) is 10.7. The second-order valence-corrected chi connectivity index (χ2v) is 5.19. The second-order valence-electron chi connectivity index (χ2n) is 4.75. The molecule has 4 nitrogen and oxygen atoms in total. The van der Waals surface area contributed by atoms with Crippen LogP contribution in [0.1, 0.15) is 22.7 Å². The van der Waals surface area contributed by atoms with E-state index < -0.39 is 5.76 Å². The lowest BCUT2D eigenvalue weighted by Crippen LogP contribution is -2.13. The van der Waals surface area contributed by atoms with Gasteiger partial charge < -0.3 is 10.2 Å². The monoisotopic (exact) mass is 288 g/mol. The van der Waals surface area contributed by atoms with Crippen LogP contribution in [0.4, 0.5) is 0 Å². The molecule has 0 spiro atoms. The molecule has 0 aliphatic carbocycles. The van der Waals surface area contributed by atoms with Crippen molar-refractivity contribution in [3.63, 3.8) is 0 Å². The van der Waals surface area contributed by atoms with E-state index in [0.717, 1.165) is 16.7 Å². The molecule has 1 heterocycles. The first kappa shape index (κ1) is 13.0. The van der Waals surface area contributed by atoms with Gasteiger partial charge in [0.1, 0.15) is 0 Å². The second kappa shape index (κ2) is 4.81. The number of fused-ring (bicyclic) bond motifs is 1. The van der Waals surface area contributed by atoms with Crippen molar-refractivity contribution in [3.05, 3.63) is 68.7 Å². The third kappa shape index (κ3) is 2.24. The molecule has 3 aromatic rings. The maximum absolute atomic E-state index is 11.2. The van der Waals surface area contributed by atoms with Crippen LogP contribution in [0.25, 0.3) is 11.1 Å². The summed E-state index contributed by atoms with van der Waals surface area (Å²) in [5, 5.41) is 0.648. The smallest absolute Gasteiger partial charge is 0.408 e. The van der Waals surface area contributed by atoms with Gasteiger partial charge in [-0.25, -0.2) is 4.79 Å². The zero-order valence-corrected chi connectivity index (χ0v) is 11.6. The summed E-state index contributed by atoms with van der Waals surface area (Å²) in [4.78, 5) is 13.8. The molecule has 1 atom stereocenters. The maximum Gasteiger partial charge on any atom is 0.417 e. The van der Waals surface area contributed by atoms with Crippen molar-refractivity contribution < 1.29 is 4.42 Å². The molecular formula is C15H13ClN2O2. The molecule has 102 valence electrons. The fraction of sp³-hybridized carbons (Fsp3) is 0.133. The number of hydrogen-bond acceptors (Lipinski definition) is 3. The van der Waals surface area contributed by atoms with Gasteiger partial charge in [-0.05, 0) is 47.9 Å². The van der Waals surface area contributed by atoms with Crippen molar-refractivity contribution in [1.29, 1.82) is 0 Å². The zero-order valence-electron chi connectivity index (χ0n) is 10.8. The Morgan fingerprint density at radius 1 is 1.25 bits per heavy atom. The normalized spacial score (nSPS) is 12.8. The molecular weight excluding hydrogens is 276 g/mol. The van der Waals surface area contributed by atoms with E-state index in [1.165, 1.54) is 0 Å². The van der Waals surface area contributed by atoms with Crippen molar-refractivity contribution >= 4 is 22.7 Å². The molecule has 1 unspecified atom stereocenters.